The van der Waals surface area contributed by atoms with Gasteiger partial charge in [-0.05, 0) is 61.9 Å². The summed E-state index contributed by atoms with van der Waals surface area (Å²) in [6.45, 7) is 4.39. The molecule has 0 radical (unpaired) electrons. The van der Waals surface area contributed by atoms with Gasteiger partial charge in [0.1, 0.15) is 11.6 Å². The number of nitrogens with one attached hydrogen (secondary N) is 1. The number of para-hydroxylation sites is 2. The number of hydrogen-bond acceptors (Lipinski definition) is 2. The predicted molar refractivity (Wildman–Crippen MR) is 121 cm³/mol. The Labute approximate surface area is 180 Å². The number of halogens is 1. The molecular weight excluding hydrogens is 391 g/mol. The second-order valence-electron chi connectivity index (χ2n) is 7.09. The number of carbonyl (C=O) groups is 1. The van der Waals surface area contributed by atoms with Crippen molar-refractivity contribution < 1.29 is 13.9 Å². The Hall–Kier alpha value is -3.86. The molecule has 4 nitrogen and oxygen atoms in total. The van der Waals surface area contributed by atoms with Crippen molar-refractivity contribution in [2.24, 2.45) is 0 Å². The van der Waals surface area contributed by atoms with Crippen LogP contribution < -0.4 is 10.1 Å². The van der Waals surface area contributed by atoms with Gasteiger partial charge in [-0.2, -0.15) is 0 Å². The molecule has 0 aliphatic heterocycles. The minimum absolute atomic E-state index is 0.256. The molecule has 0 unspecified atom stereocenters. The summed E-state index contributed by atoms with van der Waals surface area (Å²) in [5.41, 5.74) is 4.59. The topological polar surface area (TPSA) is 43.3 Å². The first-order valence-electron chi connectivity index (χ1n) is 10.2. The third-order valence-electron chi connectivity index (χ3n) is 5.07. The molecule has 1 heterocycles. The first-order chi connectivity index (χ1) is 15.1. The molecule has 1 amide bonds. The summed E-state index contributed by atoms with van der Waals surface area (Å²) in [7, 11) is 0. The van der Waals surface area contributed by atoms with E-state index in [0.29, 0.717) is 17.9 Å². The zero-order chi connectivity index (χ0) is 21.8. The van der Waals surface area contributed by atoms with Crippen LogP contribution in [-0.2, 0) is 0 Å². The fourth-order valence-corrected chi connectivity index (χ4v) is 3.62. The van der Waals surface area contributed by atoms with Gasteiger partial charge >= 0.3 is 0 Å². The summed E-state index contributed by atoms with van der Waals surface area (Å²) in [4.78, 5) is 13.1. The highest BCUT2D eigenvalue weighted by Gasteiger charge is 2.21. The Morgan fingerprint density at radius 1 is 0.968 bits per heavy atom. The Morgan fingerprint density at radius 2 is 1.65 bits per heavy atom. The summed E-state index contributed by atoms with van der Waals surface area (Å²) in [5.74, 6) is 0.138. The van der Waals surface area contributed by atoms with Gasteiger partial charge in [0.2, 0.25) is 0 Å². The highest BCUT2D eigenvalue weighted by atomic mass is 19.1. The maximum atomic E-state index is 13.2. The molecule has 3 aromatic carbocycles. The summed E-state index contributed by atoms with van der Waals surface area (Å²) >= 11 is 0. The number of rotatable bonds is 6. The molecule has 0 fully saturated rings. The molecule has 4 aromatic rings. The zero-order valence-corrected chi connectivity index (χ0v) is 17.4. The van der Waals surface area contributed by atoms with Gasteiger partial charge in [-0.15, -0.1) is 0 Å². The minimum atomic E-state index is -0.348. The number of anilines is 1. The van der Waals surface area contributed by atoms with Crippen LogP contribution in [0.15, 0.2) is 84.9 Å². The van der Waals surface area contributed by atoms with E-state index in [-0.39, 0.29) is 11.7 Å². The van der Waals surface area contributed by atoms with Crippen molar-refractivity contribution in [3.63, 3.8) is 0 Å². The molecule has 156 valence electrons. The lowest BCUT2D eigenvalue weighted by atomic mass is 10.1. The molecular formula is C26H23FN2O2. The van der Waals surface area contributed by atoms with E-state index in [1.165, 1.54) is 12.1 Å². The fourth-order valence-electron chi connectivity index (χ4n) is 3.62. The van der Waals surface area contributed by atoms with Crippen molar-refractivity contribution in [3.8, 4) is 22.7 Å². The number of nitrogens with zero attached hydrogens (tertiary/aromatic N) is 1. The van der Waals surface area contributed by atoms with Crippen LogP contribution in [-0.4, -0.2) is 17.1 Å². The van der Waals surface area contributed by atoms with Crippen LogP contribution in [0.3, 0.4) is 0 Å². The Kier molecular flexibility index (Phi) is 5.85. The Morgan fingerprint density at radius 3 is 2.35 bits per heavy atom. The molecule has 5 heteroatoms. The second kappa shape index (κ2) is 8.88. The van der Waals surface area contributed by atoms with Crippen molar-refractivity contribution in [1.29, 1.82) is 0 Å². The number of benzene rings is 3. The molecule has 0 atom stereocenters. The van der Waals surface area contributed by atoms with E-state index in [2.05, 4.69) is 5.32 Å². The van der Waals surface area contributed by atoms with E-state index in [9.17, 15) is 9.18 Å². The molecule has 31 heavy (non-hydrogen) atoms. The van der Waals surface area contributed by atoms with Gasteiger partial charge in [-0.3, -0.25) is 4.79 Å². The van der Waals surface area contributed by atoms with Gasteiger partial charge in [-0.25, -0.2) is 4.39 Å². The number of ether oxygens (including phenoxy) is 1. The lowest BCUT2D eigenvalue weighted by Crippen LogP contribution is -2.13. The average molecular weight is 414 g/mol. The molecule has 1 aromatic heterocycles. The van der Waals surface area contributed by atoms with Crippen molar-refractivity contribution in [1.82, 2.24) is 4.57 Å². The van der Waals surface area contributed by atoms with Gasteiger partial charge in [0.15, 0.2) is 0 Å². The van der Waals surface area contributed by atoms with E-state index in [4.69, 9.17) is 4.74 Å². The third kappa shape index (κ3) is 4.21. The fraction of sp³-hybridized carbons (Fsp3) is 0.115. The van der Waals surface area contributed by atoms with Crippen LogP contribution in [0.1, 0.15) is 23.0 Å². The normalized spacial score (nSPS) is 10.7. The standard InChI is InChI=1S/C26H23FN2O2/c1-3-31-25-12-8-7-11-23(25)29-18(2)22(17-24(29)19-9-5-4-6-10-19)26(30)28-21-15-13-20(27)14-16-21/h4-17H,3H2,1-2H3,(H,28,30). The Balaban J connectivity index is 1.83. The van der Waals surface area contributed by atoms with Crippen molar-refractivity contribution in [2.75, 3.05) is 11.9 Å². The van der Waals surface area contributed by atoms with Gasteiger partial charge in [0.25, 0.3) is 5.91 Å². The molecule has 0 aliphatic carbocycles. The zero-order valence-electron chi connectivity index (χ0n) is 17.4. The lowest BCUT2D eigenvalue weighted by molar-refractivity contribution is 0.102. The first kappa shape index (κ1) is 20.4. The molecule has 0 spiro atoms. The average Bonchev–Trinajstić information content (AvgIpc) is 3.14. The molecule has 0 bridgehead atoms. The number of carbonyl (C=O) groups excluding carboxylic acids is 1. The highest BCUT2D eigenvalue weighted by molar-refractivity contribution is 6.06. The van der Waals surface area contributed by atoms with Crippen molar-refractivity contribution in [3.05, 3.63) is 102 Å². The lowest BCUT2D eigenvalue weighted by Gasteiger charge is -2.16. The SMILES string of the molecule is CCOc1ccccc1-n1c(-c2ccccc2)cc(C(=O)Nc2ccc(F)cc2)c1C. The number of amides is 1. The van der Waals surface area contributed by atoms with Gasteiger partial charge < -0.3 is 14.6 Å². The van der Waals surface area contributed by atoms with E-state index in [0.717, 1.165) is 28.4 Å². The molecule has 1 N–H and O–H groups in total. The highest BCUT2D eigenvalue weighted by Crippen LogP contribution is 2.34. The van der Waals surface area contributed by atoms with Crippen LogP contribution in [0.25, 0.3) is 16.9 Å². The van der Waals surface area contributed by atoms with Gasteiger partial charge in [-0.1, -0.05) is 42.5 Å². The number of aromatic nitrogens is 1. The largest absolute Gasteiger partial charge is 0.492 e. The van der Waals surface area contributed by atoms with Crippen LogP contribution in [0.5, 0.6) is 5.75 Å². The summed E-state index contributed by atoms with van der Waals surface area (Å²) < 4.78 is 21.1. The molecule has 0 aliphatic rings. The summed E-state index contributed by atoms with van der Waals surface area (Å²) in [6.07, 6.45) is 0. The third-order valence-corrected chi connectivity index (χ3v) is 5.07. The second-order valence-corrected chi connectivity index (χ2v) is 7.09. The smallest absolute Gasteiger partial charge is 0.257 e. The Bertz CT molecular complexity index is 1200. The maximum Gasteiger partial charge on any atom is 0.257 e. The predicted octanol–water partition coefficient (Wildman–Crippen LogP) is 6.24. The maximum absolute atomic E-state index is 13.2. The molecule has 0 saturated heterocycles. The molecule has 4 rings (SSSR count). The van der Waals surface area contributed by atoms with E-state index >= 15 is 0 Å². The van der Waals surface area contributed by atoms with Crippen LogP contribution in [0.2, 0.25) is 0 Å². The summed E-state index contributed by atoms with van der Waals surface area (Å²) in [5, 5.41) is 2.86. The van der Waals surface area contributed by atoms with Crippen LogP contribution >= 0.6 is 0 Å². The minimum Gasteiger partial charge on any atom is -0.492 e. The van der Waals surface area contributed by atoms with Gasteiger partial charge in [0.05, 0.1) is 23.6 Å². The van der Waals surface area contributed by atoms with Crippen molar-refractivity contribution in [2.45, 2.75) is 13.8 Å². The first-order valence-corrected chi connectivity index (χ1v) is 10.2. The van der Waals surface area contributed by atoms with E-state index in [1.807, 2.05) is 79.1 Å². The monoisotopic (exact) mass is 414 g/mol. The van der Waals surface area contributed by atoms with Crippen LogP contribution in [0.4, 0.5) is 10.1 Å². The number of hydrogen-bond donors (Lipinski definition) is 1. The van der Waals surface area contributed by atoms with E-state index in [1.54, 1.807) is 12.1 Å². The van der Waals surface area contributed by atoms with Crippen molar-refractivity contribution >= 4 is 11.6 Å². The van der Waals surface area contributed by atoms with Gasteiger partial charge in [0, 0.05) is 11.4 Å². The summed E-state index contributed by atoms with van der Waals surface area (Å²) in [6, 6.07) is 25.3. The van der Waals surface area contributed by atoms with E-state index < -0.39 is 0 Å². The quantitative estimate of drug-likeness (QED) is 0.406. The molecule has 0 saturated carbocycles. The van der Waals surface area contributed by atoms with Crippen LogP contribution in [0, 0.1) is 12.7 Å².